The fourth-order valence-electron chi connectivity index (χ4n) is 3.17. The lowest BCUT2D eigenvalue weighted by atomic mass is 10.1. The number of ketones is 1. The molecule has 4 rings (SSSR count). The third-order valence-corrected chi connectivity index (χ3v) is 5.61. The average Bonchev–Trinajstić information content (AvgIpc) is 3.31. The first kappa shape index (κ1) is 18.1. The number of hydrogen-bond donors (Lipinski definition) is 2. The van der Waals surface area contributed by atoms with Gasteiger partial charge in [-0.25, -0.2) is 4.98 Å². The number of aromatic nitrogens is 2. The van der Waals surface area contributed by atoms with Gasteiger partial charge >= 0.3 is 0 Å². The van der Waals surface area contributed by atoms with Crippen LogP contribution in [0.2, 0.25) is 0 Å². The van der Waals surface area contributed by atoms with Crippen molar-refractivity contribution in [1.29, 1.82) is 0 Å². The molecule has 4 aromatic rings. The standard InChI is InChI=1S/C22H19N3O2S/c1-14(26)21-20(15-7-3-2-4-8-15)25-22(28-21)24-19(27)12-11-16-13-23-18-10-6-5-9-17(16)18/h2-10,13,23H,11-12H2,1H3,(H,24,25,27). The van der Waals surface area contributed by atoms with Crippen molar-refractivity contribution in [3.8, 4) is 11.3 Å². The third kappa shape index (κ3) is 3.73. The van der Waals surface area contributed by atoms with Gasteiger partial charge < -0.3 is 10.3 Å². The van der Waals surface area contributed by atoms with Crippen LogP contribution in [-0.4, -0.2) is 21.7 Å². The average molecular weight is 389 g/mol. The van der Waals surface area contributed by atoms with E-state index in [0.29, 0.717) is 28.5 Å². The van der Waals surface area contributed by atoms with Gasteiger partial charge in [-0.3, -0.25) is 9.59 Å². The number of aryl methyl sites for hydroxylation is 1. The van der Waals surface area contributed by atoms with Gasteiger partial charge in [0.15, 0.2) is 10.9 Å². The minimum absolute atomic E-state index is 0.0596. The van der Waals surface area contributed by atoms with Gasteiger partial charge in [0.05, 0.1) is 10.6 Å². The second-order valence-corrected chi connectivity index (χ2v) is 7.53. The van der Waals surface area contributed by atoms with Gasteiger partial charge in [0.2, 0.25) is 5.91 Å². The van der Waals surface area contributed by atoms with E-state index >= 15 is 0 Å². The SMILES string of the molecule is CC(=O)c1sc(NC(=O)CCc2c[nH]c3ccccc23)nc1-c1ccccc1. The van der Waals surface area contributed by atoms with E-state index in [2.05, 4.69) is 15.3 Å². The van der Waals surface area contributed by atoms with E-state index in [1.165, 1.54) is 18.3 Å². The lowest BCUT2D eigenvalue weighted by molar-refractivity contribution is -0.116. The van der Waals surface area contributed by atoms with Crippen LogP contribution in [0.1, 0.15) is 28.6 Å². The van der Waals surface area contributed by atoms with Gasteiger partial charge in [-0.1, -0.05) is 59.9 Å². The lowest BCUT2D eigenvalue weighted by Crippen LogP contribution is -2.12. The number of amides is 1. The number of anilines is 1. The first-order valence-electron chi connectivity index (χ1n) is 9.04. The molecule has 6 heteroatoms. The van der Waals surface area contributed by atoms with Crippen LogP contribution < -0.4 is 5.32 Å². The van der Waals surface area contributed by atoms with Gasteiger partial charge in [-0.2, -0.15) is 0 Å². The molecule has 0 fully saturated rings. The summed E-state index contributed by atoms with van der Waals surface area (Å²) in [6.45, 7) is 1.52. The molecule has 2 heterocycles. The van der Waals surface area contributed by atoms with E-state index in [0.717, 1.165) is 22.0 Å². The van der Waals surface area contributed by atoms with Gasteiger partial charge in [-0.05, 0) is 18.1 Å². The van der Waals surface area contributed by atoms with Crippen LogP contribution in [-0.2, 0) is 11.2 Å². The molecule has 140 valence electrons. The molecule has 5 nitrogen and oxygen atoms in total. The van der Waals surface area contributed by atoms with Crippen molar-refractivity contribution in [2.45, 2.75) is 19.8 Å². The van der Waals surface area contributed by atoms with E-state index in [1.54, 1.807) is 0 Å². The largest absolute Gasteiger partial charge is 0.361 e. The Morgan fingerprint density at radius 1 is 1.07 bits per heavy atom. The number of benzene rings is 2. The summed E-state index contributed by atoms with van der Waals surface area (Å²) < 4.78 is 0. The molecule has 0 aliphatic carbocycles. The number of nitrogens with one attached hydrogen (secondary N) is 2. The number of nitrogens with zero attached hydrogens (tertiary/aromatic N) is 1. The number of rotatable bonds is 6. The maximum atomic E-state index is 12.4. The van der Waals surface area contributed by atoms with Crippen LogP contribution in [0.3, 0.4) is 0 Å². The van der Waals surface area contributed by atoms with Crippen LogP contribution in [0.25, 0.3) is 22.2 Å². The molecule has 1 amide bonds. The zero-order chi connectivity index (χ0) is 19.5. The zero-order valence-corrected chi connectivity index (χ0v) is 16.2. The number of thiazole rings is 1. The minimum atomic E-state index is -0.117. The summed E-state index contributed by atoms with van der Waals surface area (Å²) in [7, 11) is 0. The van der Waals surface area contributed by atoms with E-state index in [4.69, 9.17) is 0 Å². The molecular formula is C22H19N3O2S. The van der Waals surface area contributed by atoms with Crippen LogP contribution in [0.4, 0.5) is 5.13 Å². The van der Waals surface area contributed by atoms with E-state index in [1.807, 2.05) is 60.8 Å². The maximum Gasteiger partial charge on any atom is 0.226 e. The Morgan fingerprint density at radius 2 is 1.82 bits per heavy atom. The summed E-state index contributed by atoms with van der Waals surface area (Å²) >= 11 is 1.22. The number of carbonyl (C=O) groups excluding carboxylic acids is 2. The summed E-state index contributed by atoms with van der Waals surface area (Å²) in [5, 5.41) is 4.43. The fraction of sp³-hybridized carbons (Fsp3) is 0.136. The quantitative estimate of drug-likeness (QED) is 0.452. The Hall–Kier alpha value is -3.25. The smallest absolute Gasteiger partial charge is 0.226 e. The van der Waals surface area contributed by atoms with Crippen molar-refractivity contribution in [1.82, 2.24) is 9.97 Å². The van der Waals surface area contributed by atoms with Gasteiger partial charge in [-0.15, -0.1) is 0 Å². The predicted octanol–water partition coefficient (Wildman–Crippen LogP) is 5.07. The third-order valence-electron chi connectivity index (χ3n) is 4.54. The van der Waals surface area contributed by atoms with Gasteiger partial charge in [0.1, 0.15) is 0 Å². The summed E-state index contributed by atoms with van der Waals surface area (Å²) in [6, 6.07) is 17.6. The molecule has 28 heavy (non-hydrogen) atoms. The molecule has 0 saturated carbocycles. The highest BCUT2D eigenvalue weighted by Crippen LogP contribution is 2.31. The zero-order valence-electron chi connectivity index (χ0n) is 15.4. The van der Waals surface area contributed by atoms with Crippen molar-refractivity contribution in [2.75, 3.05) is 5.32 Å². The second kappa shape index (κ2) is 7.78. The molecule has 2 N–H and O–H groups in total. The monoisotopic (exact) mass is 389 g/mol. The number of hydrogen-bond acceptors (Lipinski definition) is 4. The second-order valence-electron chi connectivity index (χ2n) is 6.53. The van der Waals surface area contributed by atoms with Crippen molar-refractivity contribution in [3.63, 3.8) is 0 Å². The normalized spacial score (nSPS) is 10.9. The molecule has 2 aromatic heterocycles. The number of carbonyl (C=O) groups is 2. The first-order chi connectivity index (χ1) is 13.6. The van der Waals surface area contributed by atoms with Crippen molar-refractivity contribution >= 4 is 39.1 Å². The summed E-state index contributed by atoms with van der Waals surface area (Å²) in [6.07, 6.45) is 2.92. The van der Waals surface area contributed by atoms with E-state index in [9.17, 15) is 9.59 Å². The lowest BCUT2D eigenvalue weighted by Gasteiger charge is -2.01. The van der Waals surface area contributed by atoms with E-state index in [-0.39, 0.29) is 11.7 Å². The Kier molecular flexibility index (Phi) is 5.04. The van der Waals surface area contributed by atoms with Crippen LogP contribution in [0, 0.1) is 0 Å². The number of fused-ring (bicyclic) bond motifs is 1. The molecule has 0 aliphatic heterocycles. The Labute approximate surface area is 166 Å². The molecule has 0 radical (unpaired) electrons. The predicted molar refractivity (Wildman–Crippen MR) is 113 cm³/mol. The number of aromatic amines is 1. The molecule has 0 unspecified atom stereocenters. The number of Topliss-reactive ketones (excluding diaryl/α,β-unsaturated/α-hetero) is 1. The summed E-state index contributed by atoms with van der Waals surface area (Å²) in [4.78, 5) is 32.7. The maximum absolute atomic E-state index is 12.4. The first-order valence-corrected chi connectivity index (χ1v) is 9.85. The van der Waals surface area contributed by atoms with Crippen molar-refractivity contribution < 1.29 is 9.59 Å². The molecular weight excluding hydrogens is 370 g/mol. The molecule has 0 aliphatic rings. The highest BCUT2D eigenvalue weighted by atomic mass is 32.1. The van der Waals surface area contributed by atoms with Crippen LogP contribution >= 0.6 is 11.3 Å². The van der Waals surface area contributed by atoms with Crippen LogP contribution in [0.15, 0.2) is 60.8 Å². The highest BCUT2D eigenvalue weighted by Gasteiger charge is 2.18. The minimum Gasteiger partial charge on any atom is -0.361 e. The topological polar surface area (TPSA) is 74.8 Å². The van der Waals surface area contributed by atoms with Crippen LogP contribution in [0.5, 0.6) is 0 Å². The fourth-order valence-corrected chi connectivity index (χ4v) is 4.07. The molecule has 0 spiro atoms. The summed E-state index contributed by atoms with van der Waals surface area (Å²) in [5.41, 5.74) is 3.66. The molecule has 0 bridgehead atoms. The summed E-state index contributed by atoms with van der Waals surface area (Å²) in [5.74, 6) is -0.176. The van der Waals surface area contributed by atoms with Crippen molar-refractivity contribution in [3.05, 3.63) is 71.2 Å². The molecule has 0 saturated heterocycles. The Bertz CT molecular complexity index is 1150. The molecule has 0 atom stereocenters. The van der Waals surface area contributed by atoms with E-state index < -0.39 is 0 Å². The van der Waals surface area contributed by atoms with Gasteiger partial charge in [0, 0.05) is 36.0 Å². The molecule has 2 aromatic carbocycles. The van der Waals surface area contributed by atoms with Gasteiger partial charge in [0.25, 0.3) is 0 Å². The number of H-pyrrole nitrogens is 1. The Morgan fingerprint density at radius 3 is 2.61 bits per heavy atom. The Balaban J connectivity index is 1.48. The van der Waals surface area contributed by atoms with Crippen molar-refractivity contribution in [2.24, 2.45) is 0 Å². The highest BCUT2D eigenvalue weighted by molar-refractivity contribution is 7.18. The number of para-hydroxylation sites is 1.